The standard InChI is InChI=1S/C15H23N3O/c1-11-5-3-4-6-13(11)17-15(19)10-18-8-7-12(2)14(18)9-16/h3-6,12,14H,7-10,16H2,1-2H3,(H,17,19). The Balaban J connectivity index is 1.93. The Kier molecular flexibility index (Phi) is 4.56. The first-order chi connectivity index (χ1) is 9.11. The molecule has 1 saturated heterocycles. The second kappa shape index (κ2) is 6.17. The van der Waals surface area contributed by atoms with Crippen LogP contribution in [0.15, 0.2) is 24.3 Å². The summed E-state index contributed by atoms with van der Waals surface area (Å²) < 4.78 is 0. The summed E-state index contributed by atoms with van der Waals surface area (Å²) in [5.41, 5.74) is 7.77. The maximum absolute atomic E-state index is 12.1. The van der Waals surface area contributed by atoms with Crippen molar-refractivity contribution in [3.8, 4) is 0 Å². The van der Waals surface area contributed by atoms with Crippen LogP contribution >= 0.6 is 0 Å². The van der Waals surface area contributed by atoms with Crippen LogP contribution in [0, 0.1) is 12.8 Å². The zero-order valence-corrected chi connectivity index (χ0v) is 11.7. The second-order valence-corrected chi connectivity index (χ2v) is 5.40. The van der Waals surface area contributed by atoms with Crippen molar-refractivity contribution in [1.82, 2.24) is 4.90 Å². The van der Waals surface area contributed by atoms with Crippen molar-refractivity contribution in [3.63, 3.8) is 0 Å². The first-order valence-electron chi connectivity index (χ1n) is 6.91. The number of nitrogens with zero attached hydrogens (tertiary/aromatic N) is 1. The number of hydrogen-bond acceptors (Lipinski definition) is 3. The molecule has 1 aromatic carbocycles. The molecule has 3 N–H and O–H groups in total. The smallest absolute Gasteiger partial charge is 0.238 e. The lowest BCUT2D eigenvalue weighted by Gasteiger charge is -2.24. The molecule has 2 atom stereocenters. The van der Waals surface area contributed by atoms with Crippen LogP contribution in [0.5, 0.6) is 0 Å². The summed E-state index contributed by atoms with van der Waals surface area (Å²) in [5.74, 6) is 0.623. The average molecular weight is 261 g/mol. The number of para-hydroxylation sites is 1. The van der Waals surface area contributed by atoms with Crippen molar-refractivity contribution in [2.24, 2.45) is 11.7 Å². The summed E-state index contributed by atoms with van der Waals surface area (Å²) >= 11 is 0. The summed E-state index contributed by atoms with van der Waals surface area (Å²) in [5, 5.41) is 2.98. The van der Waals surface area contributed by atoms with Crippen molar-refractivity contribution in [3.05, 3.63) is 29.8 Å². The van der Waals surface area contributed by atoms with Crippen LogP contribution in [0.3, 0.4) is 0 Å². The lowest BCUT2D eigenvalue weighted by molar-refractivity contribution is -0.117. The normalized spacial score (nSPS) is 23.5. The molecule has 0 aromatic heterocycles. The quantitative estimate of drug-likeness (QED) is 0.865. The third-order valence-electron chi connectivity index (χ3n) is 4.00. The van der Waals surface area contributed by atoms with Crippen molar-refractivity contribution in [2.45, 2.75) is 26.3 Å². The van der Waals surface area contributed by atoms with E-state index < -0.39 is 0 Å². The number of benzene rings is 1. The highest BCUT2D eigenvalue weighted by molar-refractivity contribution is 5.92. The lowest BCUT2D eigenvalue weighted by Crippen LogP contribution is -2.42. The minimum absolute atomic E-state index is 0.0434. The van der Waals surface area contributed by atoms with E-state index in [-0.39, 0.29) is 5.91 Å². The number of nitrogens with two attached hydrogens (primary N) is 1. The minimum atomic E-state index is 0.0434. The van der Waals surface area contributed by atoms with Crippen molar-refractivity contribution < 1.29 is 4.79 Å². The average Bonchev–Trinajstić information content (AvgIpc) is 2.72. The van der Waals surface area contributed by atoms with E-state index in [1.807, 2.05) is 31.2 Å². The molecule has 1 aliphatic rings. The number of rotatable bonds is 4. The number of carbonyl (C=O) groups is 1. The highest BCUT2D eigenvalue weighted by Crippen LogP contribution is 2.22. The predicted molar refractivity (Wildman–Crippen MR) is 78.0 cm³/mol. The van der Waals surface area contributed by atoms with Crippen LogP contribution in [0.25, 0.3) is 0 Å². The largest absolute Gasteiger partial charge is 0.329 e. The van der Waals surface area contributed by atoms with Crippen LogP contribution < -0.4 is 11.1 Å². The molecule has 2 rings (SSSR count). The maximum atomic E-state index is 12.1. The maximum Gasteiger partial charge on any atom is 0.238 e. The van der Waals surface area contributed by atoms with Crippen molar-refractivity contribution in [1.29, 1.82) is 0 Å². The Labute approximate surface area is 115 Å². The van der Waals surface area contributed by atoms with E-state index in [2.05, 4.69) is 17.1 Å². The zero-order chi connectivity index (χ0) is 13.8. The van der Waals surface area contributed by atoms with Gasteiger partial charge in [0.2, 0.25) is 5.91 Å². The van der Waals surface area contributed by atoms with E-state index in [4.69, 9.17) is 5.73 Å². The van der Waals surface area contributed by atoms with Crippen LogP contribution in [0.4, 0.5) is 5.69 Å². The number of hydrogen-bond donors (Lipinski definition) is 2. The van der Waals surface area contributed by atoms with Gasteiger partial charge in [0.25, 0.3) is 0 Å². The van der Waals surface area contributed by atoms with Gasteiger partial charge in [0.05, 0.1) is 6.54 Å². The summed E-state index contributed by atoms with van der Waals surface area (Å²) in [7, 11) is 0. The molecular weight excluding hydrogens is 238 g/mol. The van der Waals surface area contributed by atoms with Crippen LogP contribution in [0.1, 0.15) is 18.9 Å². The molecule has 1 aliphatic heterocycles. The van der Waals surface area contributed by atoms with Gasteiger partial charge in [0.15, 0.2) is 0 Å². The third kappa shape index (κ3) is 3.33. The Morgan fingerprint density at radius 1 is 1.47 bits per heavy atom. The monoisotopic (exact) mass is 261 g/mol. The van der Waals surface area contributed by atoms with Gasteiger partial charge >= 0.3 is 0 Å². The fraction of sp³-hybridized carbons (Fsp3) is 0.533. The topological polar surface area (TPSA) is 58.4 Å². The molecule has 4 nitrogen and oxygen atoms in total. The highest BCUT2D eigenvalue weighted by Gasteiger charge is 2.30. The van der Waals surface area contributed by atoms with Gasteiger partial charge in [-0.25, -0.2) is 0 Å². The van der Waals surface area contributed by atoms with Crippen molar-refractivity contribution in [2.75, 3.05) is 25.0 Å². The van der Waals surface area contributed by atoms with E-state index >= 15 is 0 Å². The summed E-state index contributed by atoms with van der Waals surface area (Å²) in [6, 6.07) is 8.17. The molecule has 2 unspecified atom stereocenters. The summed E-state index contributed by atoms with van der Waals surface area (Å²) in [6.07, 6.45) is 1.12. The molecule has 0 bridgehead atoms. The Morgan fingerprint density at radius 2 is 2.21 bits per heavy atom. The summed E-state index contributed by atoms with van der Waals surface area (Å²) in [4.78, 5) is 14.3. The number of likely N-dealkylation sites (tertiary alicyclic amines) is 1. The van der Waals surface area contributed by atoms with E-state index in [1.54, 1.807) is 0 Å². The zero-order valence-electron chi connectivity index (χ0n) is 11.7. The molecule has 19 heavy (non-hydrogen) atoms. The Hall–Kier alpha value is -1.39. The van der Waals surface area contributed by atoms with Gasteiger partial charge in [-0.15, -0.1) is 0 Å². The van der Waals surface area contributed by atoms with Gasteiger partial charge in [0, 0.05) is 18.3 Å². The molecule has 0 radical (unpaired) electrons. The van der Waals surface area contributed by atoms with Crippen molar-refractivity contribution >= 4 is 11.6 Å². The molecule has 1 aromatic rings. The Bertz CT molecular complexity index is 447. The molecule has 0 saturated carbocycles. The molecule has 0 spiro atoms. The number of nitrogens with one attached hydrogen (secondary N) is 1. The fourth-order valence-corrected chi connectivity index (χ4v) is 2.75. The molecule has 1 amide bonds. The van der Waals surface area contributed by atoms with Gasteiger partial charge in [-0.2, -0.15) is 0 Å². The van der Waals surface area contributed by atoms with Gasteiger partial charge in [-0.05, 0) is 37.4 Å². The van der Waals surface area contributed by atoms with E-state index in [0.717, 1.165) is 24.2 Å². The lowest BCUT2D eigenvalue weighted by atomic mass is 10.0. The molecular formula is C15H23N3O. The van der Waals surface area contributed by atoms with Gasteiger partial charge in [0.1, 0.15) is 0 Å². The molecule has 1 heterocycles. The van der Waals surface area contributed by atoms with E-state index in [0.29, 0.717) is 25.0 Å². The molecule has 4 heteroatoms. The van der Waals surface area contributed by atoms with Gasteiger partial charge in [-0.3, -0.25) is 9.69 Å². The van der Waals surface area contributed by atoms with Gasteiger partial charge in [-0.1, -0.05) is 25.1 Å². The van der Waals surface area contributed by atoms with Gasteiger partial charge < -0.3 is 11.1 Å². The highest BCUT2D eigenvalue weighted by atomic mass is 16.2. The van der Waals surface area contributed by atoms with E-state index in [1.165, 1.54) is 0 Å². The third-order valence-corrected chi connectivity index (χ3v) is 4.00. The second-order valence-electron chi connectivity index (χ2n) is 5.40. The summed E-state index contributed by atoms with van der Waals surface area (Å²) in [6.45, 7) is 6.22. The fourth-order valence-electron chi connectivity index (χ4n) is 2.75. The SMILES string of the molecule is Cc1ccccc1NC(=O)CN1CCC(C)C1CN. The number of carbonyl (C=O) groups excluding carboxylic acids is 1. The predicted octanol–water partition coefficient (Wildman–Crippen LogP) is 1.60. The Morgan fingerprint density at radius 3 is 2.89 bits per heavy atom. The first-order valence-corrected chi connectivity index (χ1v) is 6.91. The number of anilines is 1. The van der Waals surface area contributed by atoms with E-state index in [9.17, 15) is 4.79 Å². The van der Waals surface area contributed by atoms with Crippen LogP contribution in [-0.4, -0.2) is 36.5 Å². The van der Waals surface area contributed by atoms with Crippen LogP contribution in [0.2, 0.25) is 0 Å². The number of amides is 1. The van der Waals surface area contributed by atoms with Crippen LogP contribution in [-0.2, 0) is 4.79 Å². The minimum Gasteiger partial charge on any atom is -0.329 e. The first kappa shape index (κ1) is 14.0. The molecule has 0 aliphatic carbocycles. The molecule has 104 valence electrons. The molecule has 1 fully saturated rings. The number of aryl methyl sites for hydroxylation is 1.